The number of ether oxygens (including phenoxy) is 5. The molecule has 1 unspecified atom stereocenters. The number of aromatic nitrogens is 1. The first-order valence-corrected chi connectivity index (χ1v) is 13.0. The lowest BCUT2D eigenvalue weighted by molar-refractivity contribution is -0.140. The van der Waals surface area contributed by atoms with Crippen LogP contribution in [0.15, 0.2) is 57.5 Å². The smallest absolute Gasteiger partial charge is 0.341 e. The standard InChI is InChI=1S/C28H28N2O9S/c1-6-38-27(34)23-15(2)29-28-30(24(23)17-12-19(35-3)25(37-5)20(13-17)36-4)26(33)21(40-28)11-16-7-9-18(10-8-16)39-14-22(31)32/h7-13,24H,6,14H2,1-5H3,(H,31,32)/b21-11+. The first-order valence-electron chi connectivity index (χ1n) is 12.2. The highest BCUT2D eigenvalue weighted by atomic mass is 32.1. The van der Waals surface area contributed by atoms with Gasteiger partial charge in [-0.3, -0.25) is 9.36 Å². The van der Waals surface area contributed by atoms with Gasteiger partial charge in [0.25, 0.3) is 5.56 Å². The van der Waals surface area contributed by atoms with Crippen molar-refractivity contribution in [2.45, 2.75) is 19.9 Å². The number of esters is 1. The molecule has 0 spiro atoms. The minimum atomic E-state index is -1.08. The molecule has 2 aromatic carbocycles. The summed E-state index contributed by atoms with van der Waals surface area (Å²) in [5.74, 6) is -0.185. The molecule has 1 aliphatic rings. The van der Waals surface area contributed by atoms with E-state index < -0.39 is 24.6 Å². The summed E-state index contributed by atoms with van der Waals surface area (Å²) in [4.78, 5) is 42.7. The van der Waals surface area contributed by atoms with Gasteiger partial charge in [-0.25, -0.2) is 14.6 Å². The molecule has 0 aliphatic carbocycles. The van der Waals surface area contributed by atoms with Crippen molar-refractivity contribution < 1.29 is 38.4 Å². The summed E-state index contributed by atoms with van der Waals surface area (Å²) in [7, 11) is 4.46. The molecule has 0 saturated carbocycles. The lowest BCUT2D eigenvalue weighted by Gasteiger charge is -2.26. The van der Waals surface area contributed by atoms with Gasteiger partial charge in [0.2, 0.25) is 5.75 Å². The zero-order valence-electron chi connectivity index (χ0n) is 22.5. The minimum Gasteiger partial charge on any atom is -0.493 e. The van der Waals surface area contributed by atoms with Crippen molar-refractivity contribution >= 4 is 29.4 Å². The topological polar surface area (TPSA) is 135 Å². The van der Waals surface area contributed by atoms with Crippen LogP contribution in [-0.4, -0.2) is 56.2 Å². The fraction of sp³-hybridized carbons (Fsp3) is 0.286. The minimum absolute atomic E-state index is 0.147. The van der Waals surface area contributed by atoms with Crippen molar-refractivity contribution in [3.05, 3.63) is 78.5 Å². The van der Waals surface area contributed by atoms with E-state index >= 15 is 0 Å². The summed E-state index contributed by atoms with van der Waals surface area (Å²) in [5, 5.41) is 8.80. The Labute approximate surface area is 233 Å². The summed E-state index contributed by atoms with van der Waals surface area (Å²) in [5.41, 5.74) is 1.51. The van der Waals surface area contributed by atoms with Crippen LogP contribution in [0.1, 0.15) is 31.0 Å². The lowest BCUT2D eigenvalue weighted by atomic mass is 9.95. The van der Waals surface area contributed by atoms with Gasteiger partial charge in [0.05, 0.1) is 49.8 Å². The zero-order chi connectivity index (χ0) is 29.0. The molecular formula is C28H28N2O9S. The predicted octanol–water partition coefficient (Wildman–Crippen LogP) is 2.29. The third-order valence-corrected chi connectivity index (χ3v) is 7.04. The fourth-order valence-electron chi connectivity index (χ4n) is 4.32. The summed E-state index contributed by atoms with van der Waals surface area (Å²) in [6.45, 7) is 3.09. The summed E-state index contributed by atoms with van der Waals surface area (Å²) >= 11 is 1.18. The van der Waals surface area contributed by atoms with Gasteiger partial charge in [0, 0.05) is 0 Å². The molecule has 1 aliphatic heterocycles. The Morgan fingerprint density at radius 3 is 2.27 bits per heavy atom. The molecule has 210 valence electrons. The van der Waals surface area contributed by atoms with Gasteiger partial charge in [-0.05, 0) is 55.3 Å². The molecule has 1 atom stereocenters. The maximum absolute atomic E-state index is 13.8. The molecule has 40 heavy (non-hydrogen) atoms. The van der Waals surface area contributed by atoms with Crippen LogP contribution in [-0.2, 0) is 14.3 Å². The predicted molar refractivity (Wildman–Crippen MR) is 146 cm³/mol. The molecule has 0 amide bonds. The third kappa shape index (κ3) is 5.57. The number of benzene rings is 2. The Morgan fingerprint density at radius 1 is 1.07 bits per heavy atom. The van der Waals surface area contributed by atoms with Crippen LogP contribution in [0.5, 0.6) is 23.0 Å². The van der Waals surface area contributed by atoms with Crippen LogP contribution >= 0.6 is 11.3 Å². The number of fused-ring (bicyclic) bond motifs is 1. The van der Waals surface area contributed by atoms with E-state index in [9.17, 15) is 14.4 Å². The number of carboxylic acid groups (broad SMARTS) is 1. The van der Waals surface area contributed by atoms with E-state index in [0.717, 1.165) is 0 Å². The first kappa shape index (κ1) is 28.4. The normalized spacial score (nSPS) is 14.7. The first-order chi connectivity index (χ1) is 19.2. The summed E-state index contributed by atoms with van der Waals surface area (Å²) in [6.07, 6.45) is 1.69. The number of thiazole rings is 1. The van der Waals surface area contributed by atoms with Crippen molar-refractivity contribution in [1.29, 1.82) is 0 Å². The second-order valence-electron chi connectivity index (χ2n) is 8.51. The highest BCUT2D eigenvalue weighted by Gasteiger charge is 2.34. The average Bonchev–Trinajstić information content (AvgIpc) is 3.24. The molecule has 0 saturated heterocycles. The summed E-state index contributed by atoms with van der Waals surface area (Å²) < 4.78 is 28.9. The van der Waals surface area contributed by atoms with Gasteiger partial charge in [-0.1, -0.05) is 23.5 Å². The highest BCUT2D eigenvalue weighted by molar-refractivity contribution is 7.07. The molecule has 11 nitrogen and oxygen atoms in total. The quantitative estimate of drug-likeness (QED) is 0.366. The Balaban J connectivity index is 1.89. The monoisotopic (exact) mass is 568 g/mol. The van der Waals surface area contributed by atoms with E-state index in [0.29, 0.717) is 49.2 Å². The Bertz CT molecular complexity index is 1630. The lowest BCUT2D eigenvalue weighted by Crippen LogP contribution is -2.40. The number of hydrogen-bond donors (Lipinski definition) is 1. The van der Waals surface area contributed by atoms with Gasteiger partial charge >= 0.3 is 11.9 Å². The maximum Gasteiger partial charge on any atom is 0.341 e. The van der Waals surface area contributed by atoms with E-state index in [1.807, 2.05) is 0 Å². The van der Waals surface area contributed by atoms with E-state index in [2.05, 4.69) is 4.99 Å². The van der Waals surface area contributed by atoms with Crippen LogP contribution in [0, 0.1) is 0 Å². The number of carbonyl (C=O) groups excluding carboxylic acids is 1. The Morgan fingerprint density at radius 2 is 1.73 bits per heavy atom. The third-order valence-electron chi connectivity index (χ3n) is 6.06. The number of aliphatic carboxylic acids is 1. The molecular weight excluding hydrogens is 540 g/mol. The Kier molecular flexibility index (Phi) is 8.58. The maximum atomic E-state index is 13.8. The average molecular weight is 569 g/mol. The van der Waals surface area contributed by atoms with E-state index in [4.69, 9.17) is 28.8 Å². The van der Waals surface area contributed by atoms with E-state index in [1.54, 1.807) is 56.3 Å². The molecule has 0 fully saturated rings. The Hall–Kier alpha value is -4.58. The number of carboxylic acids is 1. The number of carbonyl (C=O) groups is 2. The van der Waals surface area contributed by atoms with Gasteiger partial charge in [-0.15, -0.1) is 0 Å². The van der Waals surface area contributed by atoms with Crippen molar-refractivity contribution in [3.8, 4) is 23.0 Å². The van der Waals surface area contributed by atoms with Crippen molar-refractivity contribution in [3.63, 3.8) is 0 Å². The number of hydrogen-bond acceptors (Lipinski definition) is 10. The van der Waals surface area contributed by atoms with Crippen LogP contribution in [0.25, 0.3) is 6.08 Å². The van der Waals surface area contributed by atoms with Crippen LogP contribution in [0.2, 0.25) is 0 Å². The van der Waals surface area contributed by atoms with E-state index in [1.165, 1.54) is 37.2 Å². The molecule has 2 heterocycles. The van der Waals surface area contributed by atoms with Crippen LogP contribution < -0.4 is 33.8 Å². The zero-order valence-corrected chi connectivity index (χ0v) is 23.4. The van der Waals surface area contributed by atoms with Crippen LogP contribution in [0.3, 0.4) is 0 Å². The SMILES string of the molecule is CCOC(=O)C1=C(C)N=c2s/c(=C/c3ccc(OCC(=O)O)cc3)c(=O)n2C1c1cc(OC)c(OC)c(OC)c1. The molecule has 0 radical (unpaired) electrons. The number of rotatable bonds is 10. The highest BCUT2D eigenvalue weighted by Crippen LogP contribution is 2.42. The molecule has 1 N–H and O–H groups in total. The molecule has 12 heteroatoms. The number of nitrogens with zero attached hydrogens (tertiary/aromatic N) is 2. The van der Waals surface area contributed by atoms with Gasteiger partial charge in [0.1, 0.15) is 5.75 Å². The number of methoxy groups -OCH3 is 3. The van der Waals surface area contributed by atoms with Gasteiger partial charge < -0.3 is 28.8 Å². The van der Waals surface area contributed by atoms with Crippen LogP contribution in [0.4, 0.5) is 0 Å². The van der Waals surface area contributed by atoms with Crippen molar-refractivity contribution in [2.24, 2.45) is 4.99 Å². The van der Waals surface area contributed by atoms with Gasteiger partial charge in [-0.2, -0.15) is 0 Å². The molecule has 0 bridgehead atoms. The van der Waals surface area contributed by atoms with E-state index in [-0.39, 0.29) is 17.7 Å². The summed E-state index contributed by atoms with van der Waals surface area (Å²) in [6, 6.07) is 9.16. The largest absolute Gasteiger partial charge is 0.493 e. The van der Waals surface area contributed by atoms with Gasteiger partial charge in [0.15, 0.2) is 22.9 Å². The van der Waals surface area contributed by atoms with Crippen molar-refractivity contribution in [2.75, 3.05) is 34.5 Å². The second kappa shape index (κ2) is 12.1. The fourth-order valence-corrected chi connectivity index (χ4v) is 5.37. The molecule has 3 aromatic rings. The molecule has 4 rings (SSSR count). The molecule has 1 aromatic heterocycles. The second-order valence-corrected chi connectivity index (χ2v) is 9.52. The number of allylic oxidation sites excluding steroid dienone is 1. The van der Waals surface area contributed by atoms with Crippen molar-refractivity contribution in [1.82, 2.24) is 4.57 Å².